The number of phenols is 1. The van der Waals surface area contributed by atoms with Gasteiger partial charge in [0.1, 0.15) is 5.75 Å². The van der Waals surface area contributed by atoms with E-state index in [1.165, 1.54) is 24.3 Å². The molecule has 0 saturated carbocycles. The van der Waals surface area contributed by atoms with Crippen molar-refractivity contribution in [3.05, 3.63) is 80.9 Å². The van der Waals surface area contributed by atoms with Gasteiger partial charge in [-0.05, 0) is 61.4 Å². The largest absolute Gasteiger partial charge is 0.508 e. The van der Waals surface area contributed by atoms with Gasteiger partial charge in [-0.25, -0.2) is 4.90 Å². The molecule has 1 heterocycles. The molecule has 2 aromatic rings. The van der Waals surface area contributed by atoms with E-state index in [9.17, 15) is 35.0 Å². The second-order valence-corrected chi connectivity index (χ2v) is 10.9. The third-order valence-corrected chi connectivity index (χ3v) is 8.14. The third-order valence-electron chi connectivity index (χ3n) is 8.14. The van der Waals surface area contributed by atoms with Crippen molar-refractivity contribution in [1.82, 2.24) is 0 Å². The summed E-state index contributed by atoms with van der Waals surface area (Å²) >= 11 is 0. The van der Waals surface area contributed by atoms with Gasteiger partial charge >= 0.3 is 0 Å². The number of nitrogens with zero attached hydrogens (tertiary/aromatic N) is 2. The van der Waals surface area contributed by atoms with Crippen LogP contribution in [-0.4, -0.2) is 44.8 Å². The third kappa shape index (κ3) is 6.41. The zero-order chi connectivity index (χ0) is 29.7. The van der Waals surface area contributed by atoms with Crippen LogP contribution in [-0.2, 0) is 9.59 Å². The highest BCUT2D eigenvalue weighted by atomic mass is 16.6. The van der Waals surface area contributed by atoms with Gasteiger partial charge in [0.05, 0.1) is 35.2 Å². The number of allylic oxidation sites excluding steroid dienone is 2. The summed E-state index contributed by atoms with van der Waals surface area (Å²) in [6.07, 6.45) is 5.53. The van der Waals surface area contributed by atoms with Crippen molar-refractivity contribution < 1.29 is 29.8 Å². The summed E-state index contributed by atoms with van der Waals surface area (Å²) in [5.41, 5.74) is 3.45. The van der Waals surface area contributed by atoms with Crippen LogP contribution in [0, 0.1) is 27.9 Å². The van der Waals surface area contributed by atoms with Crippen LogP contribution in [0.1, 0.15) is 64.4 Å². The van der Waals surface area contributed by atoms with Gasteiger partial charge in [-0.2, -0.15) is 0 Å². The number of aromatic hydroxyl groups is 1. The number of carbonyl (C=O) groups excluding carboxylic acids is 2. The lowest BCUT2D eigenvalue weighted by Crippen LogP contribution is -2.39. The van der Waals surface area contributed by atoms with E-state index in [4.69, 9.17) is 0 Å². The molecule has 41 heavy (non-hydrogen) atoms. The Bertz CT molecular complexity index is 1370. The number of amides is 2. The fourth-order valence-electron chi connectivity index (χ4n) is 6.42. The Balaban J connectivity index is 1.62. The number of anilines is 1. The molecule has 1 saturated heterocycles. The molecule has 9 nitrogen and oxygen atoms in total. The molecule has 2 aromatic carbocycles. The maximum Gasteiger partial charge on any atom is 0.271 e. The van der Waals surface area contributed by atoms with Crippen LogP contribution < -0.4 is 4.90 Å². The topological polar surface area (TPSA) is 141 Å². The van der Waals surface area contributed by atoms with Gasteiger partial charge in [-0.1, -0.05) is 62.1 Å². The van der Waals surface area contributed by atoms with Crippen molar-refractivity contribution in [3.63, 3.8) is 0 Å². The average Bonchev–Trinajstić information content (AvgIpc) is 3.20. The van der Waals surface area contributed by atoms with Crippen LogP contribution in [0.25, 0.3) is 6.08 Å². The van der Waals surface area contributed by atoms with Crippen molar-refractivity contribution in [2.45, 2.75) is 64.9 Å². The molecule has 2 aliphatic rings. The van der Waals surface area contributed by atoms with E-state index in [1.54, 1.807) is 18.2 Å². The van der Waals surface area contributed by atoms with Crippen molar-refractivity contribution in [1.29, 1.82) is 0 Å². The van der Waals surface area contributed by atoms with Crippen LogP contribution in [0.5, 0.6) is 5.75 Å². The molecule has 0 bridgehead atoms. The highest BCUT2D eigenvalue weighted by Gasteiger charge is 2.55. The Morgan fingerprint density at radius 2 is 1.85 bits per heavy atom. The highest BCUT2D eigenvalue weighted by Crippen LogP contribution is 2.48. The summed E-state index contributed by atoms with van der Waals surface area (Å²) in [5, 5.41) is 43.2. The van der Waals surface area contributed by atoms with Gasteiger partial charge in [0.2, 0.25) is 11.8 Å². The first-order valence-electron chi connectivity index (χ1n) is 14.3. The normalized spacial score (nSPS) is 21.8. The maximum atomic E-state index is 13.7. The van der Waals surface area contributed by atoms with Gasteiger partial charge in [-0.15, -0.1) is 0 Å². The Hall–Kier alpha value is -3.82. The van der Waals surface area contributed by atoms with E-state index in [-0.39, 0.29) is 17.1 Å². The molecule has 3 N–H and O–H groups in total. The van der Waals surface area contributed by atoms with Gasteiger partial charge in [0.15, 0.2) is 0 Å². The van der Waals surface area contributed by atoms with E-state index >= 15 is 0 Å². The molecule has 4 atom stereocenters. The van der Waals surface area contributed by atoms with E-state index in [2.05, 4.69) is 6.92 Å². The number of carbonyl (C=O) groups is 2. The molecule has 1 fully saturated rings. The number of nitro groups is 1. The number of aliphatic hydroxyl groups excluding tert-OH is 2. The zero-order valence-corrected chi connectivity index (χ0v) is 23.5. The number of rotatable bonds is 12. The SMILES string of the molecule is CCCC1=C([C@H](O)CC/C(=C/c2cccc(O)c2)CCC)[C@H](CO)[C@@H]2C(=O)N(c3cccc([N+](=O)[O-])c3)C(=O)[C@@H]2C1. The van der Waals surface area contributed by atoms with Crippen LogP contribution >= 0.6 is 0 Å². The van der Waals surface area contributed by atoms with Gasteiger partial charge < -0.3 is 15.3 Å². The first-order chi connectivity index (χ1) is 19.7. The molecular weight excluding hydrogens is 524 g/mol. The van der Waals surface area contributed by atoms with Gasteiger partial charge in [-0.3, -0.25) is 19.7 Å². The van der Waals surface area contributed by atoms with E-state index in [0.717, 1.165) is 40.9 Å². The lowest BCUT2D eigenvalue weighted by Gasteiger charge is -2.36. The number of hydrogen-bond acceptors (Lipinski definition) is 7. The molecule has 0 aromatic heterocycles. The van der Waals surface area contributed by atoms with Crippen molar-refractivity contribution in [3.8, 4) is 5.75 Å². The molecule has 1 aliphatic heterocycles. The summed E-state index contributed by atoms with van der Waals surface area (Å²) in [6, 6.07) is 12.4. The van der Waals surface area contributed by atoms with Crippen molar-refractivity contribution in [2.24, 2.45) is 17.8 Å². The second kappa shape index (κ2) is 13.2. The summed E-state index contributed by atoms with van der Waals surface area (Å²) in [6.45, 7) is 3.68. The minimum Gasteiger partial charge on any atom is -0.508 e. The van der Waals surface area contributed by atoms with Crippen molar-refractivity contribution in [2.75, 3.05) is 11.5 Å². The van der Waals surface area contributed by atoms with Crippen LogP contribution in [0.2, 0.25) is 0 Å². The van der Waals surface area contributed by atoms with E-state index in [0.29, 0.717) is 31.3 Å². The smallest absolute Gasteiger partial charge is 0.271 e. The predicted molar refractivity (Wildman–Crippen MR) is 156 cm³/mol. The first-order valence-corrected chi connectivity index (χ1v) is 14.3. The molecule has 2 amide bonds. The number of fused-ring (bicyclic) bond motifs is 1. The average molecular weight is 563 g/mol. The number of phenolic OH excluding ortho intramolecular Hbond substituents is 1. The van der Waals surface area contributed by atoms with Crippen LogP contribution in [0.15, 0.2) is 65.3 Å². The lowest BCUT2D eigenvalue weighted by atomic mass is 9.67. The molecule has 1 aliphatic carbocycles. The Kier molecular flexibility index (Phi) is 9.73. The summed E-state index contributed by atoms with van der Waals surface area (Å²) in [7, 11) is 0. The van der Waals surface area contributed by atoms with Gasteiger partial charge in [0, 0.05) is 18.1 Å². The first kappa shape index (κ1) is 30.1. The van der Waals surface area contributed by atoms with E-state index in [1.807, 2.05) is 19.1 Å². The van der Waals surface area contributed by atoms with E-state index < -0.39 is 47.2 Å². The molecule has 4 rings (SSSR count). The van der Waals surface area contributed by atoms with Crippen molar-refractivity contribution >= 4 is 29.3 Å². The summed E-state index contributed by atoms with van der Waals surface area (Å²) in [5.74, 6) is -3.03. The number of nitro benzene ring substituents is 1. The standard InChI is InChI=1S/C32H38N2O7/c1-3-7-20(15-21-9-5-12-25(36)16-21)13-14-28(37)29-22(8-4-2)17-26-30(27(29)19-35)32(39)33(31(26)38)23-10-6-11-24(18-23)34(40)41/h5-6,9-12,15-16,18,26-28,30,35-37H,3-4,7-8,13-14,17,19H2,1-2H3/b20-15+/t26-,27+,28-,30-/m1/s1. The maximum absolute atomic E-state index is 13.7. The number of non-ortho nitro benzene ring substituents is 1. The monoisotopic (exact) mass is 562 g/mol. The van der Waals surface area contributed by atoms with Crippen LogP contribution in [0.4, 0.5) is 11.4 Å². The fourth-order valence-corrected chi connectivity index (χ4v) is 6.42. The fraction of sp³-hybridized carbons (Fsp3) is 0.438. The lowest BCUT2D eigenvalue weighted by molar-refractivity contribution is -0.384. The summed E-state index contributed by atoms with van der Waals surface area (Å²) < 4.78 is 0. The molecule has 0 unspecified atom stereocenters. The number of hydrogen-bond donors (Lipinski definition) is 3. The number of imide groups is 1. The molecule has 0 radical (unpaired) electrons. The van der Waals surface area contributed by atoms with Crippen LogP contribution in [0.3, 0.4) is 0 Å². The molecule has 9 heteroatoms. The Morgan fingerprint density at radius 3 is 2.51 bits per heavy atom. The van der Waals surface area contributed by atoms with Gasteiger partial charge in [0.25, 0.3) is 5.69 Å². The summed E-state index contributed by atoms with van der Waals surface area (Å²) in [4.78, 5) is 39.0. The number of benzene rings is 2. The molecule has 218 valence electrons. The predicted octanol–water partition coefficient (Wildman–Crippen LogP) is 5.54. The minimum absolute atomic E-state index is 0.140. The zero-order valence-electron chi connectivity index (χ0n) is 23.5. The Morgan fingerprint density at radius 1 is 1.10 bits per heavy atom. The quantitative estimate of drug-likeness (QED) is 0.133. The highest BCUT2D eigenvalue weighted by molar-refractivity contribution is 6.22. The molecular formula is C32H38N2O7. The second-order valence-electron chi connectivity index (χ2n) is 10.9. The number of aliphatic hydroxyl groups is 2. The Labute approximate surface area is 240 Å². The minimum atomic E-state index is -0.908. The molecule has 0 spiro atoms.